The molecule has 1 aromatic carbocycles. The van der Waals surface area contributed by atoms with Gasteiger partial charge in [0.25, 0.3) is 0 Å². The highest BCUT2D eigenvalue weighted by molar-refractivity contribution is 7.07. The maximum Gasteiger partial charge on any atom is 0.109 e. The molecule has 1 nitrogen and oxygen atoms in total. The van der Waals surface area contributed by atoms with Gasteiger partial charge in [-0.1, -0.05) is 30.3 Å². The van der Waals surface area contributed by atoms with E-state index in [0.29, 0.717) is 6.04 Å². The van der Waals surface area contributed by atoms with Crippen molar-refractivity contribution in [2.24, 2.45) is 0 Å². The van der Waals surface area contributed by atoms with E-state index in [0.717, 1.165) is 6.54 Å². The fourth-order valence-electron chi connectivity index (χ4n) is 1.61. The number of quaternary nitrogens is 1. The highest BCUT2D eigenvalue weighted by Crippen LogP contribution is 2.08. The number of rotatable bonds is 4. The Bertz CT molecular complexity index is 380. The van der Waals surface area contributed by atoms with E-state index in [4.69, 9.17) is 0 Å². The first kappa shape index (κ1) is 10.4. The summed E-state index contributed by atoms with van der Waals surface area (Å²) in [4.78, 5) is 0. The molecule has 0 aliphatic rings. The van der Waals surface area contributed by atoms with Crippen LogP contribution in [0.3, 0.4) is 0 Å². The summed E-state index contributed by atoms with van der Waals surface area (Å²) in [7, 11) is 0. The molecule has 0 saturated carbocycles. The lowest BCUT2D eigenvalue weighted by Crippen LogP contribution is -2.82. The van der Waals surface area contributed by atoms with Crippen molar-refractivity contribution in [2.45, 2.75) is 19.5 Å². The van der Waals surface area contributed by atoms with Crippen molar-refractivity contribution >= 4 is 11.3 Å². The van der Waals surface area contributed by atoms with Crippen molar-refractivity contribution in [1.29, 1.82) is 0 Å². The van der Waals surface area contributed by atoms with Gasteiger partial charge in [0.15, 0.2) is 0 Å². The van der Waals surface area contributed by atoms with Crippen LogP contribution in [0.25, 0.3) is 0 Å². The van der Waals surface area contributed by atoms with Crippen LogP contribution in [0.5, 0.6) is 0 Å². The zero-order chi connectivity index (χ0) is 10.5. The van der Waals surface area contributed by atoms with Crippen LogP contribution in [0.1, 0.15) is 24.1 Å². The van der Waals surface area contributed by atoms with E-state index in [1.54, 1.807) is 11.3 Å². The molecule has 15 heavy (non-hydrogen) atoms. The Morgan fingerprint density at radius 1 is 1.20 bits per heavy atom. The number of thiophene rings is 1. The standard InChI is InChI=1S/C13H15NS/c1-11(13-5-3-2-4-6-13)14-9-12-7-8-15-10-12/h2-8,10-11,14H,9H2,1H3/p+1/t11-/m0/s1. The van der Waals surface area contributed by atoms with Crippen LogP contribution in [0.2, 0.25) is 0 Å². The molecule has 78 valence electrons. The SMILES string of the molecule is C[C@H]([NH2+]Cc1ccsc1)c1ccccc1. The Kier molecular flexibility index (Phi) is 3.54. The number of nitrogens with two attached hydrogens (primary N) is 1. The summed E-state index contributed by atoms with van der Waals surface area (Å²) in [6.07, 6.45) is 0. The molecule has 1 heterocycles. The van der Waals surface area contributed by atoms with E-state index in [-0.39, 0.29) is 0 Å². The molecular formula is C13H16NS+. The van der Waals surface area contributed by atoms with Crippen LogP contribution in [-0.2, 0) is 6.54 Å². The fraction of sp³-hybridized carbons (Fsp3) is 0.231. The molecule has 0 aliphatic heterocycles. The fourth-order valence-corrected chi connectivity index (χ4v) is 2.30. The second kappa shape index (κ2) is 5.10. The smallest absolute Gasteiger partial charge is 0.109 e. The van der Waals surface area contributed by atoms with Crippen LogP contribution in [-0.4, -0.2) is 0 Å². The highest BCUT2D eigenvalue weighted by atomic mass is 32.1. The van der Waals surface area contributed by atoms with Gasteiger partial charge in [-0.3, -0.25) is 0 Å². The average molecular weight is 218 g/mol. The second-order valence-corrected chi connectivity index (χ2v) is 4.55. The summed E-state index contributed by atoms with van der Waals surface area (Å²) < 4.78 is 0. The maximum absolute atomic E-state index is 2.37. The lowest BCUT2D eigenvalue weighted by molar-refractivity contribution is -0.707. The maximum atomic E-state index is 2.37. The monoisotopic (exact) mass is 218 g/mol. The quantitative estimate of drug-likeness (QED) is 0.812. The first-order valence-electron chi connectivity index (χ1n) is 5.25. The molecule has 0 fully saturated rings. The first-order valence-corrected chi connectivity index (χ1v) is 6.20. The predicted molar refractivity (Wildman–Crippen MR) is 64.8 cm³/mol. The Morgan fingerprint density at radius 3 is 2.67 bits per heavy atom. The zero-order valence-corrected chi connectivity index (χ0v) is 9.71. The molecule has 0 unspecified atom stereocenters. The number of hydrogen-bond donors (Lipinski definition) is 1. The van der Waals surface area contributed by atoms with E-state index in [9.17, 15) is 0 Å². The minimum Gasteiger partial charge on any atom is -0.337 e. The van der Waals surface area contributed by atoms with Crippen molar-refractivity contribution in [1.82, 2.24) is 0 Å². The van der Waals surface area contributed by atoms with Crippen LogP contribution in [0.15, 0.2) is 47.2 Å². The third kappa shape index (κ3) is 2.91. The van der Waals surface area contributed by atoms with E-state index < -0.39 is 0 Å². The minimum atomic E-state index is 0.533. The highest BCUT2D eigenvalue weighted by Gasteiger charge is 2.07. The number of hydrogen-bond acceptors (Lipinski definition) is 1. The van der Waals surface area contributed by atoms with Gasteiger partial charge < -0.3 is 5.32 Å². The topological polar surface area (TPSA) is 16.6 Å². The van der Waals surface area contributed by atoms with Gasteiger partial charge in [-0.2, -0.15) is 11.3 Å². The summed E-state index contributed by atoms with van der Waals surface area (Å²) in [6, 6.07) is 13.4. The third-order valence-electron chi connectivity index (χ3n) is 2.61. The summed E-state index contributed by atoms with van der Waals surface area (Å²) in [5, 5.41) is 6.72. The Morgan fingerprint density at radius 2 is 2.00 bits per heavy atom. The van der Waals surface area contributed by atoms with Gasteiger partial charge in [0.1, 0.15) is 12.6 Å². The third-order valence-corrected chi connectivity index (χ3v) is 3.34. The van der Waals surface area contributed by atoms with Crippen LogP contribution < -0.4 is 5.32 Å². The molecule has 0 spiro atoms. The van der Waals surface area contributed by atoms with Gasteiger partial charge in [0.05, 0.1) is 0 Å². The molecule has 1 aromatic heterocycles. The lowest BCUT2D eigenvalue weighted by atomic mass is 10.1. The summed E-state index contributed by atoms with van der Waals surface area (Å²) in [6.45, 7) is 3.32. The van der Waals surface area contributed by atoms with E-state index in [1.165, 1.54) is 11.1 Å². The van der Waals surface area contributed by atoms with E-state index in [1.807, 2.05) is 0 Å². The van der Waals surface area contributed by atoms with Crippen molar-refractivity contribution in [3.05, 3.63) is 58.3 Å². The molecule has 0 aliphatic carbocycles. The molecule has 0 amide bonds. The second-order valence-electron chi connectivity index (χ2n) is 3.77. The van der Waals surface area contributed by atoms with Gasteiger partial charge in [0, 0.05) is 11.1 Å². The van der Waals surface area contributed by atoms with E-state index >= 15 is 0 Å². The largest absolute Gasteiger partial charge is 0.337 e. The van der Waals surface area contributed by atoms with Crippen LogP contribution in [0, 0.1) is 0 Å². The predicted octanol–water partition coefficient (Wildman–Crippen LogP) is 2.57. The first-order chi connectivity index (χ1) is 7.36. The van der Waals surface area contributed by atoms with Crippen molar-refractivity contribution in [3.63, 3.8) is 0 Å². The molecule has 2 N–H and O–H groups in total. The molecule has 0 radical (unpaired) electrons. The minimum absolute atomic E-state index is 0.533. The van der Waals surface area contributed by atoms with Crippen molar-refractivity contribution in [3.8, 4) is 0 Å². The van der Waals surface area contributed by atoms with Crippen LogP contribution >= 0.6 is 11.3 Å². The molecule has 2 rings (SSSR count). The van der Waals surface area contributed by atoms with Crippen molar-refractivity contribution in [2.75, 3.05) is 0 Å². The van der Waals surface area contributed by atoms with Gasteiger partial charge in [-0.15, -0.1) is 0 Å². The van der Waals surface area contributed by atoms with Gasteiger partial charge in [-0.05, 0) is 23.8 Å². The lowest BCUT2D eigenvalue weighted by Gasteiger charge is -2.09. The summed E-state index contributed by atoms with van der Waals surface area (Å²) >= 11 is 1.77. The molecule has 2 aromatic rings. The summed E-state index contributed by atoms with van der Waals surface area (Å²) in [5.74, 6) is 0. The Hall–Kier alpha value is -1.12. The van der Waals surface area contributed by atoms with E-state index in [2.05, 4.69) is 59.4 Å². The number of benzene rings is 1. The van der Waals surface area contributed by atoms with Gasteiger partial charge in [-0.25, -0.2) is 0 Å². The normalized spacial score (nSPS) is 12.6. The molecule has 0 saturated heterocycles. The molecule has 1 atom stereocenters. The Balaban J connectivity index is 1.90. The van der Waals surface area contributed by atoms with Crippen molar-refractivity contribution < 1.29 is 5.32 Å². The van der Waals surface area contributed by atoms with Gasteiger partial charge >= 0.3 is 0 Å². The molecule has 0 bridgehead atoms. The van der Waals surface area contributed by atoms with Crippen LogP contribution in [0.4, 0.5) is 0 Å². The Labute approximate surface area is 94.8 Å². The zero-order valence-electron chi connectivity index (χ0n) is 8.89. The average Bonchev–Trinajstić information content (AvgIpc) is 2.80. The molecule has 2 heteroatoms. The summed E-state index contributed by atoms with van der Waals surface area (Å²) in [5.41, 5.74) is 2.82. The van der Waals surface area contributed by atoms with Gasteiger partial charge in [0.2, 0.25) is 0 Å². The molecular weight excluding hydrogens is 202 g/mol.